The van der Waals surface area contributed by atoms with Crippen molar-refractivity contribution in [3.63, 3.8) is 0 Å². The van der Waals surface area contributed by atoms with Crippen LogP contribution in [0.2, 0.25) is 0 Å². The Bertz CT molecular complexity index is 1340. The van der Waals surface area contributed by atoms with Gasteiger partial charge in [0.25, 0.3) is 5.91 Å². The predicted molar refractivity (Wildman–Crippen MR) is 173 cm³/mol. The molecule has 3 aliphatic rings. The monoisotopic (exact) mass is 651 g/mol. The number of halogens is 1. The Kier molecular flexibility index (Phi) is 10.5. The number of rotatable bonds is 11. The first-order valence-electron chi connectivity index (χ1n) is 15.2. The number of carbonyl (C=O) groups is 2. The number of benzene rings is 2. The van der Waals surface area contributed by atoms with Gasteiger partial charge >= 0.3 is 6.09 Å². The van der Waals surface area contributed by atoms with Gasteiger partial charge < -0.3 is 24.0 Å². The Morgan fingerprint density at radius 1 is 1.09 bits per heavy atom. The predicted octanol–water partition coefficient (Wildman–Crippen LogP) is 6.85. The molecule has 0 aromatic heterocycles. The standard InChI is InChI=1S/C34H42BrN3O5/c1-4-17-43-34(40)38-23-28-19-27(25-10-8-24(9-11-25)26-12-15-36(2)16-13-26)22-37(28)33(39)29-20-31(41-3)32(21-30(29)38)42-18-7-5-6-14-35/h4,8-11,20-22,26,28H,1,5-7,12-19,23H2,2-3H3/t28-/m0/s1. The van der Waals surface area contributed by atoms with Gasteiger partial charge in [-0.1, -0.05) is 52.9 Å². The molecule has 0 N–H and O–H groups in total. The third kappa shape index (κ3) is 7.10. The van der Waals surface area contributed by atoms with Crippen LogP contribution in [0.3, 0.4) is 0 Å². The first-order valence-corrected chi connectivity index (χ1v) is 16.3. The second-order valence-electron chi connectivity index (χ2n) is 11.5. The van der Waals surface area contributed by atoms with Gasteiger partial charge in [0, 0.05) is 17.6 Å². The lowest BCUT2D eigenvalue weighted by molar-refractivity contribution is 0.0794. The smallest absolute Gasteiger partial charge is 0.414 e. The van der Waals surface area contributed by atoms with Gasteiger partial charge in [-0.25, -0.2) is 4.79 Å². The molecule has 0 spiro atoms. The quantitative estimate of drug-likeness (QED) is 0.150. The molecule has 2 aromatic rings. The first-order chi connectivity index (χ1) is 20.9. The molecule has 43 heavy (non-hydrogen) atoms. The van der Waals surface area contributed by atoms with Gasteiger partial charge in [-0.05, 0) is 87.3 Å². The van der Waals surface area contributed by atoms with Gasteiger partial charge in [0.2, 0.25) is 0 Å². The van der Waals surface area contributed by atoms with Gasteiger partial charge in [-0.3, -0.25) is 9.69 Å². The minimum atomic E-state index is -0.528. The topological polar surface area (TPSA) is 71.6 Å². The number of piperidine rings is 1. The van der Waals surface area contributed by atoms with E-state index in [0.717, 1.165) is 48.8 Å². The molecule has 1 saturated heterocycles. The Balaban J connectivity index is 1.42. The molecule has 0 saturated carbocycles. The summed E-state index contributed by atoms with van der Waals surface area (Å²) in [5.74, 6) is 1.36. The lowest BCUT2D eigenvalue weighted by Crippen LogP contribution is -2.41. The number of fused-ring (bicyclic) bond motifs is 2. The molecule has 9 heteroatoms. The van der Waals surface area contributed by atoms with E-state index in [-0.39, 0.29) is 18.6 Å². The summed E-state index contributed by atoms with van der Waals surface area (Å²) in [6, 6.07) is 12.0. The molecule has 2 amide bonds. The molecule has 8 nitrogen and oxygen atoms in total. The number of unbranched alkanes of at least 4 members (excludes halogenated alkanes) is 2. The molecular weight excluding hydrogens is 610 g/mol. The molecule has 3 heterocycles. The van der Waals surface area contributed by atoms with Crippen LogP contribution in [0.15, 0.2) is 55.3 Å². The lowest BCUT2D eigenvalue weighted by atomic mass is 9.88. The Morgan fingerprint density at radius 2 is 1.86 bits per heavy atom. The van der Waals surface area contributed by atoms with Crippen LogP contribution >= 0.6 is 15.9 Å². The van der Waals surface area contributed by atoms with Gasteiger partial charge in [-0.15, -0.1) is 0 Å². The van der Waals surface area contributed by atoms with Crippen molar-refractivity contribution in [1.82, 2.24) is 9.80 Å². The van der Waals surface area contributed by atoms with E-state index in [0.29, 0.717) is 48.2 Å². The maximum atomic E-state index is 14.1. The van der Waals surface area contributed by atoms with Crippen molar-refractivity contribution in [1.29, 1.82) is 0 Å². The second-order valence-corrected chi connectivity index (χ2v) is 12.3. The Morgan fingerprint density at radius 3 is 2.56 bits per heavy atom. The van der Waals surface area contributed by atoms with Crippen molar-refractivity contribution in [2.45, 2.75) is 50.5 Å². The van der Waals surface area contributed by atoms with Crippen LogP contribution < -0.4 is 14.4 Å². The summed E-state index contributed by atoms with van der Waals surface area (Å²) in [4.78, 5) is 33.1. The lowest BCUT2D eigenvalue weighted by Gasteiger charge is -2.29. The molecule has 0 unspecified atom stereocenters. The minimum Gasteiger partial charge on any atom is -0.493 e. The normalized spacial score (nSPS) is 18.9. The summed E-state index contributed by atoms with van der Waals surface area (Å²) >= 11 is 3.46. The highest BCUT2D eigenvalue weighted by Gasteiger charge is 2.40. The van der Waals surface area contributed by atoms with Gasteiger partial charge in [-0.2, -0.15) is 0 Å². The summed E-state index contributed by atoms with van der Waals surface area (Å²) in [7, 11) is 3.74. The van der Waals surface area contributed by atoms with E-state index in [1.54, 1.807) is 29.0 Å². The number of hydrogen-bond donors (Lipinski definition) is 0. The average molecular weight is 653 g/mol. The maximum absolute atomic E-state index is 14.1. The molecule has 3 aliphatic heterocycles. The zero-order valence-corrected chi connectivity index (χ0v) is 26.8. The second kappa shape index (κ2) is 14.4. The fourth-order valence-electron chi connectivity index (χ4n) is 6.16. The van der Waals surface area contributed by atoms with Crippen molar-refractivity contribution in [2.24, 2.45) is 0 Å². The van der Waals surface area contributed by atoms with E-state index < -0.39 is 6.09 Å². The highest BCUT2D eigenvalue weighted by atomic mass is 79.9. The highest BCUT2D eigenvalue weighted by Crippen LogP contribution is 2.42. The summed E-state index contributed by atoms with van der Waals surface area (Å²) in [5, 5.41) is 0.955. The molecule has 230 valence electrons. The van der Waals surface area contributed by atoms with Crippen molar-refractivity contribution in [3.8, 4) is 11.5 Å². The van der Waals surface area contributed by atoms with Crippen LogP contribution in [0.5, 0.6) is 11.5 Å². The van der Waals surface area contributed by atoms with Crippen LogP contribution in [0.25, 0.3) is 5.57 Å². The largest absolute Gasteiger partial charge is 0.493 e. The highest BCUT2D eigenvalue weighted by molar-refractivity contribution is 9.09. The van der Waals surface area contributed by atoms with E-state index in [1.165, 1.54) is 24.5 Å². The Hall–Kier alpha value is -3.30. The third-order valence-corrected chi connectivity index (χ3v) is 9.19. The summed E-state index contributed by atoms with van der Waals surface area (Å²) in [5.41, 5.74) is 4.38. The number of alkyl halides is 1. The molecule has 0 radical (unpaired) electrons. The zero-order chi connectivity index (χ0) is 30.3. The number of amides is 2. The van der Waals surface area contributed by atoms with Crippen LogP contribution in [-0.4, -0.2) is 80.2 Å². The van der Waals surface area contributed by atoms with Crippen molar-refractivity contribution >= 4 is 39.2 Å². The average Bonchev–Trinajstić information content (AvgIpc) is 3.42. The molecule has 0 aliphatic carbocycles. The zero-order valence-electron chi connectivity index (χ0n) is 25.2. The van der Waals surface area contributed by atoms with E-state index in [9.17, 15) is 9.59 Å². The molecule has 2 aromatic carbocycles. The third-order valence-electron chi connectivity index (χ3n) is 8.63. The number of nitrogens with zero attached hydrogens (tertiary/aromatic N) is 3. The number of hydrogen-bond acceptors (Lipinski definition) is 6. The van der Waals surface area contributed by atoms with Crippen LogP contribution in [0, 0.1) is 0 Å². The summed E-state index contributed by atoms with van der Waals surface area (Å²) < 4.78 is 17.2. The number of ether oxygens (including phenoxy) is 3. The van der Waals surface area contributed by atoms with Crippen molar-refractivity contribution < 1.29 is 23.8 Å². The maximum Gasteiger partial charge on any atom is 0.414 e. The summed E-state index contributed by atoms with van der Waals surface area (Å²) in [6.07, 6.45) is 8.92. The van der Waals surface area contributed by atoms with Gasteiger partial charge in [0.1, 0.15) is 6.61 Å². The SMILES string of the molecule is C=CCOC(=O)N1C[C@@H]2CC(c3ccc(C4CCN(C)CC4)cc3)=CN2C(=O)c2cc(OC)c(OCCCCCBr)cc21. The first kappa shape index (κ1) is 31.1. The molecular formula is C34H42BrN3O5. The van der Waals surface area contributed by atoms with E-state index in [2.05, 4.69) is 58.7 Å². The minimum absolute atomic E-state index is 0.0766. The fraction of sp³-hybridized carbons (Fsp3) is 0.471. The Labute approximate surface area is 263 Å². The van der Waals surface area contributed by atoms with E-state index in [4.69, 9.17) is 14.2 Å². The molecule has 1 fully saturated rings. The van der Waals surface area contributed by atoms with Crippen LogP contribution in [-0.2, 0) is 4.74 Å². The molecule has 1 atom stereocenters. The van der Waals surface area contributed by atoms with Crippen molar-refractivity contribution in [2.75, 3.05) is 57.2 Å². The number of likely N-dealkylation sites (tertiary alicyclic amines) is 1. The van der Waals surface area contributed by atoms with Gasteiger partial charge in [0.05, 0.1) is 37.6 Å². The van der Waals surface area contributed by atoms with Crippen molar-refractivity contribution in [3.05, 3.63) is 71.9 Å². The van der Waals surface area contributed by atoms with E-state index >= 15 is 0 Å². The summed E-state index contributed by atoms with van der Waals surface area (Å²) in [6.45, 7) is 6.80. The molecule has 5 rings (SSSR count). The number of anilines is 1. The molecule has 0 bridgehead atoms. The van der Waals surface area contributed by atoms with Gasteiger partial charge in [0.15, 0.2) is 11.5 Å². The fourth-order valence-corrected chi connectivity index (χ4v) is 6.56. The van der Waals surface area contributed by atoms with E-state index in [1.807, 2.05) is 6.20 Å². The number of methoxy groups -OCH3 is 1. The van der Waals surface area contributed by atoms with Crippen LogP contribution in [0.4, 0.5) is 10.5 Å². The number of carbonyl (C=O) groups excluding carboxylic acids is 2. The van der Waals surface area contributed by atoms with Crippen LogP contribution in [0.1, 0.15) is 65.9 Å².